The maximum absolute atomic E-state index is 3.68. The number of fused-ring (bicyclic) bond motifs is 5. The van der Waals surface area contributed by atoms with Gasteiger partial charge in [-0.2, -0.15) is 0 Å². The fourth-order valence-corrected chi connectivity index (χ4v) is 6.66. The number of nitrogens with one attached hydrogen (secondary N) is 1. The molecule has 2 aliphatic carbocycles. The Morgan fingerprint density at radius 3 is 2.15 bits per heavy atom. The molecule has 2 aliphatic rings. The van der Waals surface area contributed by atoms with E-state index in [9.17, 15) is 0 Å². The third kappa shape index (κ3) is 3.72. The maximum Gasteiger partial charge on any atom is 0.0541 e. The minimum Gasteiger partial charge on any atom is -0.355 e. The number of benzene rings is 6. The number of rotatable bonds is 6. The van der Waals surface area contributed by atoms with Gasteiger partial charge < -0.3 is 9.88 Å². The Bertz CT molecular complexity index is 2160. The van der Waals surface area contributed by atoms with E-state index in [1.165, 1.54) is 60.6 Å². The first-order valence-corrected chi connectivity index (χ1v) is 14.5. The molecular weight excluding hydrogens is 496 g/mol. The molecule has 7 aromatic rings. The highest BCUT2D eigenvalue weighted by Gasteiger charge is 2.53. The van der Waals surface area contributed by atoms with Gasteiger partial charge in [-0.1, -0.05) is 103 Å². The SMILES string of the molecule is C1=C2C(Cc3ccccc3Nc3ccc(-c4ccc5c(c4)c4ccccc4n5-c4cccc5ccccc45)cc3)[C@H]12. The van der Waals surface area contributed by atoms with Gasteiger partial charge in [-0.05, 0) is 76.9 Å². The van der Waals surface area contributed by atoms with Crippen LogP contribution in [-0.4, -0.2) is 4.57 Å². The first-order chi connectivity index (χ1) is 20.3. The third-order valence-corrected chi connectivity index (χ3v) is 9.03. The van der Waals surface area contributed by atoms with E-state index in [0.29, 0.717) is 0 Å². The van der Waals surface area contributed by atoms with Gasteiger partial charge in [0, 0.05) is 33.5 Å². The van der Waals surface area contributed by atoms with Crippen LogP contribution in [0.4, 0.5) is 11.4 Å². The standard InChI is InChI=1S/C39H28N2/c1-3-11-30-26(8-1)10-7-15-37(30)41-38-14-6-4-12-31(38)35-22-27(18-21-39(35)41)25-16-19-29(20-17-25)40-36-13-5-2-9-28(36)23-32-33-24-34(32)33/h1-22,24,32-33,40H,23H2/t32?,33-/m0/s1. The van der Waals surface area contributed by atoms with E-state index in [-0.39, 0.29) is 0 Å². The zero-order valence-corrected chi connectivity index (χ0v) is 22.6. The molecule has 1 heterocycles. The van der Waals surface area contributed by atoms with Crippen molar-refractivity contribution >= 4 is 44.0 Å². The molecule has 6 aromatic carbocycles. The number of para-hydroxylation sites is 2. The van der Waals surface area contributed by atoms with Gasteiger partial charge >= 0.3 is 0 Å². The molecule has 1 saturated carbocycles. The van der Waals surface area contributed by atoms with Gasteiger partial charge in [0.05, 0.1) is 16.7 Å². The van der Waals surface area contributed by atoms with Gasteiger partial charge in [-0.15, -0.1) is 0 Å². The quantitative estimate of drug-likeness (QED) is 0.214. The molecule has 194 valence electrons. The van der Waals surface area contributed by atoms with Crippen molar-refractivity contribution in [1.82, 2.24) is 4.57 Å². The van der Waals surface area contributed by atoms with E-state index in [4.69, 9.17) is 0 Å². The number of aromatic nitrogens is 1. The Hall–Kier alpha value is -5.08. The molecule has 0 radical (unpaired) electrons. The summed E-state index contributed by atoms with van der Waals surface area (Å²) in [5.41, 5.74) is 11.5. The topological polar surface area (TPSA) is 17.0 Å². The lowest BCUT2D eigenvalue weighted by Crippen LogP contribution is -1.99. The van der Waals surface area contributed by atoms with Gasteiger partial charge in [0.15, 0.2) is 0 Å². The zero-order valence-electron chi connectivity index (χ0n) is 22.6. The summed E-state index contributed by atoms with van der Waals surface area (Å²) in [6.07, 6.45) is 3.53. The van der Waals surface area contributed by atoms with Crippen molar-refractivity contribution in [3.8, 4) is 16.8 Å². The minimum absolute atomic E-state index is 0.793. The van der Waals surface area contributed by atoms with Crippen LogP contribution >= 0.6 is 0 Å². The number of hydrogen-bond acceptors (Lipinski definition) is 1. The Kier molecular flexibility index (Phi) is 4.82. The summed E-state index contributed by atoms with van der Waals surface area (Å²) in [4.78, 5) is 0. The maximum atomic E-state index is 3.68. The highest BCUT2D eigenvalue weighted by atomic mass is 15.0. The van der Waals surface area contributed by atoms with Crippen molar-refractivity contribution in [2.75, 3.05) is 5.32 Å². The zero-order chi connectivity index (χ0) is 26.9. The number of allylic oxidation sites excluding steroid dienone is 2. The average Bonchev–Trinajstić information content (AvgIpc) is 3.93. The minimum atomic E-state index is 0.793. The fourth-order valence-electron chi connectivity index (χ4n) is 6.66. The Morgan fingerprint density at radius 1 is 0.585 bits per heavy atom. The van der Waals surface area contributed by atoms with Crippen molar-refractivity contribution < 1.29 is 0 Å². The van der Waals surface area contributed by atoms with Crippen LogP contribution in [0.1, 0.15) is 5.56 Å². The highest BCUT2D eigenvalue weighted by Crippen LogP contribution is 2.61. The van der Waals surface area contributed by atoms with Crippen LogP contribution in [0.5, 0.6) is 0 Å². The van der Waals surface area contributed by atoms with Gasteiger partial charge in [0.2, 0.25) is 0 Å². The van der Waals surface area contributed by atoms with Crippen molar-refractivity contribution in [1.29, 1.82) is 0 Å². The van der Waals surface area contributed by atoms with E-state index in [1.54, 1.807) is 5.57 Å². The summed E-state index contributed by atoms with van der Waals surface area (Å²) in [6, 6.07) is 48.5. The van der Waals surface area contributed by atoms with Gasteiger partial charge in [0.1, 0.15) is 0 Å². The molecule has 2 nitrogen and oxygen atoms in total. The molecular formula is C39H28N2. The lowest BCUT2D eigenvalue weighted by atomic mass is 10.0. The van der Waals surface area contributed by atoms with Crippen LogP contribution in [0.15, 0.2) is 145 Å². The molecule has 2 heteroatoms. The van der Waals surface area contributed by atoms with E-state index in [0.717, 1.165) is 23.9 Å². The molecule has 2 atom stereocenters. The molecule has 0 spiro atoms. The van der Waals surface area contributed by atoms with Crippen LogP contribution < -0.4 is 5.32 Å². The molecule has 1 N–H and O–H groups in total. The molecule has 1 aromatic heterocycles. The Morgan fingerprint density at radius 2 is 1.29 bits per heavy atom. The molecule has 1 fully saturated rings. The number of nitrogens with zero attached hydrogens (tertiary/aromatic N) is 1. The predicted molar refractivity (Wildman–Crippen MR) is 172 cm³/mol. The molecule has 1 unspecified atom stereocenters. The number of hydrogen-bond donors (Lipinski definition) is 1. The Balaban J connectivity index is 1.08. The van der Waals surface area contributed by atoms with Crippen molar-refractivity contribution in [2.45, 2.75) is 6.42 Å². The summed E-state index contributed by atoms with van der Waals surface area (Å²) in [5, 5.41) is 8.75. The summed E-state index contributed by atoms with van der Waals surface area (Å²) >= 11 is 0. The average molecular weight is 525 g/mol. The predicted octanol–water partition coefficient (Wildman–Crippen LogP) is 10.1. The van der Waals surface area contributed by atoms with Crippen molar-refractivity contribution in [2.24, 2.45) is 11.8 Å². The van der Waals surface area contributed by atoms with Crippen LogP contribution in [0, 0.1) is 11.8 Å². The summed E-state index contributed by atoms with van der Waals surface area (Å²) in [5.74, 6) is 1.61. The van der Waals surface area contributed by atoms with Gasteiger partial charge in [-0.3, -0.25) is 0 Å². The second-order valence-corrected chi connectivity index (χ2v) is 11.4. The lowest BCUT2D eigenvalue weighted by Gasteiger charge is -2.13. The third-order valence-electron chi connectivity index (χ3n) is 9.03. The monoisotopic (exact) mass is 524 g/mol. The van der Waals surface area contributed by atoms with E-state index in [2.05, 4.69) is 149 Å². The van der Waals surface area contributed by atoms with Crippen molar-refractivity contribution in [3.63, 3.8) is 0 Å². The van der Waals surface area contributed by atoms with Crippen LogP contribution in [-0.2, 0) is 6.42 Å². The molecule has 0 amide bonds. The van der Waals surface area contributed by atoms with Crippen LogP contribution in [0.3, 0.4) is 0 Å². The fraction of sp³-hybridized carbons (Fsp3) is 0.0769. The van der Waals surface area contributed by atoms with Crippen molar-refractivity contribution in [3.05, 3.63) is 151 Å². The number of anilines is 2. The van der Waals surface area contributed by atoms with E-state index in [1.807, 2.05) is 0 Å². The first kappa shape index (κ1) is 22.7. The molecule has 0 saturated heterocycles. The Labute approximate surface area is 239 Å². The molecule has 41 heavy (non-hydrogen) atoms. The van der Waals surface area contributed by atoms with Gasteiger partial charge in [-0.25, -0.2) is 0 Å². The smallest absolute Gasteiger partial charge is 0.0541 e. The normalized spacial score (nSPS) is 17.0. The highest BCUT2D eigenvalue weighted by molar-refractivity contribution is 6.11. The molecule has 0 aliphatic heterocycles. The molecule has 9 rings (SSSR count). The van der Waals surface area contributed by atoms with E-state index < -0.39 is 0 Å². The summed E-state index contributed by atoms with van der Waals surface area (Å²) in [6.45, 7) is 0. The largest absolute Gasteiger partial charge is 0.355 e. The summed E-state index contributed by atoms with van der Waals surface area (Å²) < 4.78 is 2.42. The van der Waals surface area contributed by atoms with Gasteiger partial charge in [0.25, 0.3) is 0 Å². The van der Waals surface area contributed by atoms with Crippen LogP contribution in [0.2, 0.25) is 0 Å². The second-order valence-electron chi connectivity index (χ2n) is 11.4. The van der Waals surface area contributed by atoms with E-state index >= 15 is 0 Å². The summed E-state index contributed by atoms with van der Waals surface area (Å²) in [7, 11) is 0. The second kappa shape index (κ2) is 8.71. The lowest BCUT2D eigenvalue weighted by molar-refractivity contribution is 0.776. The molecule has 0 bridgehead atoms. The first-order valence-electron chi connectivity index (χ1n) is 14.5. The van der Waals surface area contributed by atoms with Crippen LogP contribution in [0.25, 0.3) is 49.4 Å².